The minimum Gasteiger partial charge on any atom is -0.399 e. The molecule has 2 unspecified atom stereocenters. The second-order valence-corrected chi connectivity index (χ2v) is 12.6. The van der Waals surface area contributed by atoms with Crippen molar-refractivity contribution in [2.24, 2.45) is 11.8 Å². The molecule has 1 saturated carbocycles. The third kappa shape index (κ3) is 5.76. The van der Waals surface area contributed by atoms with Gasteiger partial charge < -0.3 is 5.73 Å². The number of nitrogens with two attached hydrogens (primary N) is 1. The second-order valence-electron chi connectivity index (χ2n) is 10.8. The van der Waals surface area contributed by atoms with Gasteiger partial charge >= 0.3 is 0 Å². The lowest BCUT2D eigenvalue weighted by atomic mass is 9.77. The van der Waals surface area contributed by atoms with E-state index >= 15 is 0 Å². The Morgan fingerprint density at radius 2 is 1.71 bits per heavy atom. The van der Waals surface area contributed by atoms with Crippen LogP contribution in [0.2, 0.25) is 0 Å². The average molecular weight is 566 g/mol. The molecule has 1 fully saturated rings. The number of rotatable bonds is 8. The smallest absolute Gasteiger partial charge is 0.269 e. The van der Waals surface area contributed by atoms with E-state index in [9.17, 15) is 13.2 Å². The lowest BCUT2D eigenvalue weighted by Crippen LogP contribution is -2.20. The fourth-order valence-corrected chi connectivity index (χ4v) is 7.15. The van der Waals surface area contributed by atoms with Gasteiger partial charge in [-0.25, -0.2) is 27.3 Å². The zero-order valence-corrected chi connectivity index (χ0v) is 23.4. The maximum absolute atomic E-state index is 13.1. The molecule has 208 valence electrons. The third-order valence-corrected chi connectivity index (χ3v) is 9.59. The van der Waals surface area contributed by atoms with E-state index in [0.29, 0.717) is 35.0 Å². The number of carbonyl (C=O) groups is 1. The zero-order chi connectivity index (χ0) is 28.4. The Balaban J connectivity index is 1.16. The molecule has 3 aromatic heterocycles. The van der Waals surface area contributed by atoms with Crippen molar-refractivity contribution in [1.82, 2.24) is 18.9 Å². The molecular formula is C32H31N5O3S. The van der Waals surface area contributed by atoms with Crippen molar-refractivity contribution >= 4 is 32.5 Å². The van der Waals surface area contributed by atoms with Gasteiger partial charge in [-0.3, -0.25) is 4.79 Å². The molecule has 2 aromatic carbocycles. The number of carbonyl (C=O) groups excluding carboxylic acids is 1. The van der Waals surface area contributed by atoms with Gasteiger partial charge in [0, 0.05) is 46.7 Å². The van der Waals surface area contributed by atoms with Crippen molar-refractivity contribution in [3.63, 3.8) is 0 Å². The number of hydrogen-bond donors (Lipinski definition) is 1. The maximum Gasteiger partial charge on any atom is 0.269 e. The van der Waals surface area contributed by atoms with Crippen molar-refractivity contribution in [3.05, 3.63) is 103 Å². The van der Waals surface area contributed by atoms with Gasteiger partial charge in [-0.1, -0.05) is 31.0 Å². The molecule has 0 spiro atoms. The van der Waals surface area contributed by atoms with E-state index in [1.807, 2.05) is 24.3 Å². The lowest BCUT2D eigenvalue weighted by molar-refractivity contribution is 0.0940. The number of fused-ring (bicyclic) bond motifs is 1. The molecule has 0 radical (unpaired) electrons. The number of nitrogens with zero attached hydrogens (tertiary/aromatic N) is 4. The molecule has 41 heavy (non-hydrogen) atoms. The minimum absolute atomic E-state index is 0.174. The van der Waals surface area contributed by atoms with Crippen LogP contribution in [0.15, 0.2) is 96.4 Å². The summed E-state index contributed by atoms with van der Waals surface area (Å²) >= 11 is 0. The van der Waals surface area contributed by atoms with Gasteiger partial charge in [0.1, 0.15) is 6.33 Å². The predicted octanol–water partition coefficient (Wildman–Crippen LogP) is 5.93. The molecule has 8 nitrogen and oxygen atoms in total. The first-order valence-electron chi connectivity index (χ1n) is 13.8. The standard InChI is InChI=1S/C32H31N5O3S/c33-27-11-9-24(10-12-27)31(38)17-23-6-4-5-22(15-23)16-28-19-30(36-21-35-28)26-18-25-13-14-37(32(25)34-20-26)41(39,40)29-7-2-1-3-8-29/h1-3,7-14,18-23H,4-6,15-17,33H2. The molecule has 6 rings (SSSR count). The van der Waals surface area contributed by atoms with E-state index in [1.54, 1.807) is 61.1 Å². The van der Waals surface area contributed by atoms with Crippen LogP contribution in [0.1, 0.15) is 48.2 Å². The molecule has 0 saturated heterocycles. The normalized spacial score (nSPS) is 17.5. The van der Waals surface area contributed by atoms with E-state index in [4.69, 9.17) is 5.73 Å². The van der Waals surface area contributed by atoms with Crippen LogP contribution in [-0.2, 0) is 16.4 Å². The van der Waals surface area contributed by atoms with Gasteiger partial charge in [0.2, 0.25) is 0 Å². The summed E-state index contributed by atoms with van der Waals surface area (Å²) in [6.45, 7) is 0. The predicted molar refractivity (Wildman–Crippen MR) is 159 cm³/mol. The molecule has 5 aromatic rings. The van der Waals surface area contributed by atoms with Crippen molar-refractivity contribution in [3.8, 4) is 11.3 Å². The average Bonchev–Trinajstić information content (AvgIpc) is 3.43. The number of anilines is 1. The zero-order valence-electron chi connectivity index (χ0n) is 22.6. The SMILES string of the molecule is Nc1ccc(C(=O)CC2CCCC(Cc3cc(-c4cnc5c(ccn5S(=O)(=O)c5ccccc5)c4)ncn3)C2)cc1. The van der Waals surface area contributed by atoms with Crippen molar-refractivity contribution in [2.45, 2.75) is 43.4 Å². The highest BCUT2D eigenvalue weighted by Crippen LogP contribution is 2.34. The van der Waals surface area contributed by atoms with Crippen LogP contribution in [-0.4, -0.2) is 33.1 Å². The van der Waals surface area contributed by atoms with Crippen LogP contribution < -0.4 is 5.73 Å². The van der Waals surface area contributed by atoms with Crippen LogP contribution in [0.25, 0.3) is 22.3 Å². The number of pyridine rings is 1. The molecule has 2 N–H and O–H groups in total. The Labute approximate surface area is 239 Å². The third-order valence-electron chi connectivity index (χ3n) is 7.91. The second kappa shape index (κ2) is 11.2. The van der Waals surface area contributed by atoms with Crippen molar-refractivity contribution < 1.29 is 13.2 Å². The van der Waals surface area contributed by atoms with Gasteiger partial charge in [-0.05, 0) is 85.7 Å². The number of aromatic nitrogens is 4. The minimum atomic E-state index is -3.75. The van der Waals surface area contributed by atoms with E-state index in [0.717, 1.165) is 54.6 Å². The van der Waals surface area contributed by atoms with E-state index in [-0.39, 0.29) is 10.7 Å². The molecule has 1 aliphatic rings. The summed E-state index contributed by atoms with van der Waals surface area (Å²) in [5.74, 6) is 0.990. The lowest BCUT2D eigenvalue weighted by Gasteiger charge is -2.28. The fraction of sp³-hybridized carbons (Fsp3) is 0.250. The summed E-state index contributed by atoms with van der Waals surface area (Å²) in [6, 6.07) is 21.2. The summed E-state index contributed by atoms with van der Waals surface area (Å²) in [6.07, 6.45) is 10.4. The highest BCUT2D eigenvalue weighted by atomic mass is 32.2. The summed E-state index contributed by atoms with van der Waals surface area (Å²) in [5.41, 5.74) is 10.0. The Morgan fingerprint density at radius 3 is 2.51 bits per heavy atom. The van der Waals surface area contributed by atoms with Gasteiger partial charge in [-0.15, -0.1) is 0 Å². The fourth-order valence-electron chi connectivity index (χ4n) is 5.83. The summed E-state index contributed by atoms with van der Waals surface area (Å²) in [4.78, 5) is 26.5. The van der Waals surface area contributed by atoms with E-state index in [2.05, 4.69) is 15.0 Å². The molecular weight excluding hydrogens is 534 g/mol. The first-order chi connectivity index (χ1) is 19.9. The van der Waals surface area contributed by atoms with Crippen LogP contribution in [0, 0.1) is 11.8 Å². The Morgan fingerprint density at radius 1 is 0.927 bits per heavy atom. The number of hydrogen-bond acceptors (Lipinski definition) is 7. The van der Waals surface area contributed by atoms with Gasteiger partial charge in [0.15, 0.2) is 11.4 Å². The largest absolute Gasteiger partial charge is 0.399 e. The summed E-state index contributed by atoms with van der Waals surface area (Å²) in [5, 5.41) is 0.711. The number of nitrogen functional groups attached to an aromatic ring is 1. The van der Waals surface area contributed by atoms with Gasteiger partial charge in [-0.2, -0.15) is 0 Å². The first kappa shape index (κ1) is 26.8. The molecule has 3 heterocycles. The monoisotopic (exact) mass is 565 g/mol. The first-order valence-corrected chi connectivity index (χ1v) is 15.3. The highest BCUT2D eigenvalue weighted by Gasteiger charge is 2.25. The molecule has 2 atom stereocenters. The Kier molecular flexibility index (Phi) is 7.36. The maximum atomic E-state index is 13.1. The van der Waals surface area contributed by atoms with E-state index < -0.39 is 10.0 Å². The van der Waals surface area contributed by atoms with Gasteiger partial charge in [0.05, 0.1) is 10.6 Å². The molecule has 1 aliphatic carbocycles. The van der Waals surface area contributed by atoms with Crippen molar-refractivity contribution in [2.75, 3.05) is 5.73 Å². The Hall–Kier alpha value is -4.37. The highest BCUT2D eigenvalue weighted by molar-refractivity contribution is 7.90. The van der Waals surface area contributed by atoms with Gasteiger partial charge in [0.25, 0.3) is 10.0 Å². The van der Waals surface area contributed by atoms with Crippen molar-refractivity contribution in [1.29, 1.82) is 0 Å². The molecule has 0 bridgehead atoms. The number of Topliss-reactive ketones (excluding diaryl/α,β-unsaturated/α-hetero) is 1. The van der Waals surface area contributed by atoms with Crippen LogP contribution in [0.3, 0.4) is 0 Å². The summed E-state index contributed by atoms with van der Waals surface area (Å²) < 4.78 is 27.5. The Bertz CT molecular complexity index is 1800. The molecule has 0 amide bonds. The van der Waals surface area contributed by atoms with E-state index in [1.165, 1.54) is 10.2 Å². The quantitative estimate of drug-likeness (QED) is 0.183. The summed E-state index contributed by atoms with van der Waals surface area (Å²) in [7, 11) is -3.75. The number of benzene rings is 2. The topological polar surface area (TPSA) is 121 Å². The van der Waals surface area contributed by atoms with Crippen LogP contribution >= 0.6 is 0 Å². The van der Waals surface area contributed by atoms with Crippen LogP contribution in [0.5, 0.6) is 0 Å². The molecule has 0 aliphatic heterocycles. The molecule has 9 heteroatoms. The van der Waals surface area contributed by atoms with Crippen LogP contribution in [0.4, 0.5) is 5.69 Å². The number of ketones is 1.